The van der Waals surface area contributed by atoms with Gasteiger partial charge in [0.1, 0.15) is 5.82 Å². The molecule has 17 heavy (non-hydrogen) atoms. The SMILES string of the molecule is C=CCNC1CCS(=O)(=O)c2ccc(F)cc21. The zero-order valence-corrected chi connectivity index (χ0v) is 10.1. The van der Waals surface area contributed by atoms with Gasteiger partial charge in [0, 0.05) is 12.6 Å². The van der Waals surface area contributed by atoms with Crippen molar-refractivity contribution in [3.63, 3.8) is 0 Å². The fourth-order valence-electron chi connectivity index (χ4n) is 2.05. The molecule has 1 N–H and O–H groups in total. The second-order valence-electron chi connectivity index (χ2n) is 4.04. The molecule has 0 amide bonds. The van der Waals surface area contributed by atoms with E-state index >= 15 is 0 Å². The Labute approximate surface area is 100 Å². The minimum absolute atomic E-state index is 0.0977. The molecule has 1 aliphatic rings. The molecule has 0 saturated heterocycles. The molecular weight excluding hydrogens is 241 g/mol. The lowest BCUT2D eigenvalue weighted by Crippen LogP contribution is -2.30. The molecule has 0 bridgehead atoms. The molecule has 0 aromatic heterocycles. The Hall–Kier alpha value is -1.20. The summed E-state index contributed by atoms with van der Waals surface area (Å²) in [4.78, 5) is 0.242. The van der Waals surface area contributed by atoms with Gasteiger partial charge in [0.2, 0.25) is 0 Å². The van der Waals surface area contributed by atoms with Gasteiger partial charge in [-0.3, -0.25) is 0 Å². The van der Waals surface area contributed by atoms with Crippen LogP contribution in [0.15, 0.2) is 35.7 Å². The first kappa shape index (κ1) is 12.3. The molecule has 0 aliphatic carbocycles. The predicted octanol–water partition coefficient (Wildman–Crippen LogP) is 1.82. The van der Waals surface area contributed by atoms with Gasteiger partial charge in [-0.15, -0.1) is 6.58 Å². The van der Waals surface area contributed by atoms with E-state index in [0.29, 0.717) is 18.5 Å². The van der Waals surface area contributed by atoms with E-state index < -0.39 is 15.7 Å². The van der Waals surface area contributed by atoms with Crippen molar-refractivity contribution in [1.29, 1.82) is 0 Å². The van der Waals surface area contributed by atoms with Gasteiger partial charge in [0.05, 0.1) is 10.6 Å². The highest BCUT2D eigenvalue weighted by Gasteiger charge is 2.29. The van der Waals surface area contributed by atoms with Crippen molar-refractivity contribution >= 4 is 9.84 Å². The Morgan fingerprint density at radius 1 is 1.53 bits per heavy atom. The van der Waals surface area contributed by atoms with Crippen molar-refractivity contribution in [2.75, 3.05) is 12.3 Å². The summed E-state index contributed by atoms with van der Waals surface area (Å²) in [6.07, 6.45) is 2.16. The number of hydrogen-bond donors (Lipinski definition) is 1. The van der Waals surface area contributed by atoms with Crippen molar-refractivity contribution in [3.8, 4) is 0 Å². The molecule has 0 fully saturated rings. The maximum atomic E-state index is 13.2. The third-order valence-electron chi connectivity index (χ3n) is 2.87. The van der Waals surface area contributed by atoms with Crippen LogP contribution >= 0.6 is 0 Å². The Morgan fingerprint density at radius 3 is 3.00 bits per heavy atom. The highest BCUT2D eigenvalue weighted by molar-refractivity contribution is 7.91. The van der Waals surface area contributed by atoms with Crippen LogP contribution in [0.5, 0.6) is 0 Å². The average molecular weight is 255 g/mol. The molecule has 0 saturated carbocycles. The number of sulfone groups is 1. The fourth-order valence-corrected chi connectivity index (χ4v) is 3.65. The third kappa shape index (κ3) is 2.40. The van der Waals surface area contributed by atoms with Crippen LogP contribution in [0.3, 0.4) is 0 Å². The first-order valence-electron chi connectivity index (χ1n) is 5.41. The van der Waals surface area contributed by atoms with E-state index in [1.165, 1.54) is 18.2 Å². The van der Waals surface area contributed by atoms with Crippen LogP contribution in [0.2, 0.25) is 0 Å². The molecule has 5 heteroatoms. The van der Waals surface area contributed by atoms with Crippen LogP contribution < -0.4 is 5.32 Å². The smallest absolute Gasteiger partial charge is 0.178 e. The second kappa shape index (κ2) is 4.58. The standard InChI is InChI=1S/C12H14FNO2S/c1-2-6-14-11-5-7-17(15,16)12-4-3-9(13)8-10(11)12/h2-4,8,11,14H,1,5-7H2. The highest BCUT2D eigenvalue weighted by Crippen LogP contribution is 2.32. The molecule has 3 nitrogen and oxygen atoms in total. The normalized spacial score (nSPS) is 21.8. The summed E-state index contributed by atoms with van der Waals surface area (Å²) in [5.74, 6) is -0.313. The van der Waals surface area contributed by atoms with Crippen LogP contribution in [0.1, 0.15) is 18.0 Å². The maximum absolute atomic E-state index is 13.2. The van der Waals surface area contributed by atoms with Crippen molar-refractivity contribution in [3.05, 3.63) is 42.2 Å². The number of hydrogen-bond acceptors (Lipinski definition) is 3. The number of benzene rings is 1. The molecule has 1 heterocycles. The van der Waals surface area contributed by atoms with Crippen LogP contribution in [0.25, 0.3) is 0 Å². The van der Waals surface area contributed by atoms with Gasteiger partial charge in [-0.2, -0.15) is 0 Å². The zero-order chi connectivity index (χ0) is 12.5. The maximum Gasteiger partial charge on any atom is 0.178 e. The fraction of sp³-hybridized carbons (Fsp3) is 0.333. The van der Waals surface area contributed by atoms with Crippen LogP contribution in [0, 0.1) is 5.82 Å². The molecule has 2 rings (SSSR count). The van der Waals surface area contributed by atoms with Crippen LogP contribution in [-0.4, -0.2) is 20.7 Å². The van der Waals surface area contributed by atoms with Crippen molar-refractivity contribution < 1.29 is 12.8 Å². The Bertz CT molecular complexity index is 539. The van der Waals surface area contributed by atoms with Crippen molar-refractivity contribution in [1.82, 2.24) is 5.32 Å². The lowest BCUT2D eigenvalue weighted by atomic mass is 10.0. The van der Waals surface area contributed by atoms with Gasteiger partial charge < -0.3 is 5.32 Å². The molecule has 0 radical (unpaired) electrons. The summed E-state index contributed by atoms with van der Waals surface area (Å²) < 4.78 is 36.9. The molecule has 1 unspecified atom stereocenters. The summed E-state index contributed by atoms with van der Waals surface area (Å²) in [7, 11) is -3.25. The summed E-state index contributed by atoms with van der Waals surface area (Å²) in [5.41, 5.74) is 0.526. The third-order valence-corrected chi connectivity index (χ3v) is 4.68. The van der Waals surface area contributed by atoms with Gasteiger partial charge in [0.25, 0.3) is 0 Å². The second-order valence-corrected chi connectivity index (χ2v) is 6.12. The average Bonchev–Trinajstić information content (AvgIpc) is 2.28. The monoisotopic (exact) mass is 255 g/mol. The van der Waals surface area contributed by atoms with Gasteiger partial charge >= 0.3 is 0 Å². The van der Waals surface area contributed by atoms with Gasteiger partial charge in [-0.1, -0.05) is 6.08 Å². The minimum atomic E-state index is -3.25. The number of rotatable bonds is 3. The molecule has 1 aromatic carbocycles. The molecule has 1 aromatic rings. The lowest BCUT2D eigenvalue weighted by Gasteiger charge is -2.26. The van der Waals surface area contributed by atoms with E-state index in [1.54, 1.807) is 6.08 Å². The van der Waals surface area contributed by atoms with Crippen molar-refractivity contribution in [2.24, 2.45) is 0 Å². The number of nitrogens with one attached hydrogen (secondary N) is 1. The van der Waals surface area contributed by atoms with E-state index in [1.807, 2.05) is 0 Å². The molecule has 92 valence electrons. The highest BCUT2D eigenvalue weighted by atomic mass is 32.2. The number of fused-ring (bicyclic) bond motifs is 1. The zero-order valence-electron chi connectivity index (χ0n) is 9.32. The van der Waals surface area contributed by atoms with Gasteiger partial charge in [-0.05, 0) is 30.2 Å². The summed E-state index contributed by atoms with van der Waals surface area (Å²) >= 11 is 0. The minimum Gasteiger partial charge on any atom is -0.306 e. The lowest BCUT2D eigenvalue weighted by molar-refractivity contribution is 0.508. The summed E-state index contributed by atoms with van der Waals surface area (Å²) in [6, 6.07) is 3.71. The first-order chi connectivity index (χ1) is 8.04. The summed E-state index contributed by atoms with van der Waals surface area (Å²) in [5, 5.41) is 3.14. The molecule has 0 spiro atoms. The molecule has 1 aliphatic heterocycles. The van der Waals surface area contributed by atoms with Crippen molar-refractivity contribution in [2.45, 2.75) is 17.4 Å². The van der Waals surface area contributed by atoms with E-state index in [-0.39, 0.29) is 16.7 Å². The summed E-state index contributed by atoms with van der Waals surface area (Å²) in [6.45, 7) is 4.16. The Morgan fingerprint density at radius 2 is 2.29 bits per heavy atom. The Balaban J connectivity index is 2.45. The topological polar surface area (TPSA) is 46.2 Å². The molecule has 1 atom stereocenters. The quantitative estimate of drug-likeness (QED) is 0.662. The van der Waals surface area contributed by atoms with E-state index in [0.717, 1.165) is 0 Å². The first-order valence-corrected chi connectivity index (χ1v) is 7.06. The van der Waals surface area contributed by atoms with E-state index in [4.69, 9.17) is 0 Å². The predicted molar refractivity (Wildman–Crippen MR) is 64.0 cm³/mol. The number of halogens is 1. The van der Waals surface area contributed by atoms with Crippen LogP contribution in [-0.2, 0) is 9.84 Å². The van der Waals surface area contributed by atoms with Gasteiger partial charge in [-0.25, -0.2) is 12.8 Å². The van der Waals surface area contributed by atoms with Crippen LogP contribution in [0.4, 0.5) is 4.39 Å². The van der Waals surface area contributed by atoms with Gasteiger partial charge in [0.15, 0.2) is 9.84 Å². The van der Waals surface area contributed by atoms with E-state index in [9.17, 15) is 12.8 Å². The molecular formula is C12H14FNO2S. The largest absolute Gasteiger partial charge is 0.306 e. The van der Waals surface area contributed by atoms with E-state index in [2.05, 4.69) is 11.9 Å². The Kier molecular flexibility index (Phi) is 3.31.